The molecule has 0 aliphatic carbocycles. The summed E-state index contributed by atoms with van der Waals surface area (Å²) in [6.07, 6.45) is 1.59. The molecule has 8 heteroatoms. The summed E-state index contributed by atoms with van der Waals surface area (Å²) in [5.41, 5.74) is 5.23. The van der Waals surface area contributed by atoms with Gasteiger partial charge in [0.15, 0.2) is 0 Å². The molecule has 0 amide bonds. The predicted octanol–water partition coefficient (Wildman–Crippen LogP) is -0.424. The monoisotopic (exact) mass is 302 g/mol. The van der Waals surface area contributed by atoms with E-state index < -0.39 is 22.0 Å². The van der Waals surface area contributed by atoms with E-state index in [-0.39, 0.29) is 17.4 Å². The SMILES string of the molecule is CC(C)Cn1c(N)c(NCCS(C)=O)c(=O)n(C)c1=O. The first-order chi connectivity index (χ1) is 9.25. The highest BCUT2D eigenvalue weighted by Crippen LogP contribution is 2.12. The molecule has 20 heavy (non-hydrogen) atoms. The van der Waals surface area contributed by atoms with Gasteiger partial charge in [-0.05, 0) is 5.92 Å². The average molecular weight is 302 g/mol. The summed E-state index contributed by atoms with van der Waals surface area (Å²) < 4.78 is 13.5. The highest BCUT2D eigenvalue weighted by atomic mass is 32.2. The molecule has 3 N–H and O–H groups in total. The number of rotatable bonds is 6. The van der Waals surface area contributed by atoms with E-state index in [1.54, 1.807) is 6.26 Å². The van der Waals surface area contributed by atoms with Gasteiger partial charge in [-0.3, -0.25) is 18.1 Å². The van der Waals surface area contributed by atoms with Crippen molar-refractivity contribution in [2.24, 2.45) is 13.0 Å². The zero-order chi connectivity index (χ0) is 15.4. The van der Waals surface area contributed by atoms with Gasteiger partial charge in [0.25, 0.3) is 5.56 Å². The van der Waals surface area contributed by atoms with Gasteiger partial charge in [0.05, 0.1) is 0 Å². The van der Waals surface area contributed by atoms with Crippen molar-refractivity contribution < 1.29 is 4.21 Å². The van der Waals surface area contributed by atoms with Gasteiger partial charge in [-0.15, -0.1) is 0 Å². The predicted molar refractivity (Wildman–Crippen MR) is 82.6 cm³/mol. The zero-order valence-electron chi connectivity index (χ0n) is 12.3. The second-order valence-corrected chi connectivity index (χ2v) is 6.67. The molecule has 0 spiro atoms. The number of hydrogen-bond acceptors (Lipinski definition) is 5. The standard InChI is InChI=1S/C12H22N4O3S/c1-8(2)7-16-10(13)9(14-5-6-20(4)19)11(17)15(3)12(16)18/h8,14H,5-7,13H2,1-4H3. The molecule has 1 unspecified atom stereocenters. The molecule has 0 radical (unpaired) electrons. The van der Waals surface area contributed by atoms with Gasteiger partial charge in [-0.25, -0.2) is 4.79 Å². The number of aromatic nitrogens is 2. The maximum absolute atomic E-state index is 12.1. The zero-order valence-corrected chi connectivity index (χ0v) is 13.1. The molecule has 1 rings (SSSR count). The lowest BCUT2D eigenvalue weighted by atomic mass is 10.2. The lowest BCUT2D eigenvalue weighted by molar-refractivity contribution is 0.494. The molecule has 7 nitrogen and oxygen atoms in total. The number of nitrogens with zero attached hydrogens (tertiary/aromatic N) is 2. The van der Waals surface area contributed by atoms with Crippen LogP contribution in [0.1, 0.15) is 13.8 Å². The Balaban J connectivity index is 3.23. The Morgan fingerprint density at radius 2 is 1.95 bits per heavy atom. The third-order valence-corrected chi connectivity index (χ3v) is 3.60. The molecule has 1 aromatic heterocycles. The normalized spacial score (nSPS) is 12.7. The quantitative estimate of drug-likeness (QED) is 0.743. The van der Waals surface area contributed by atoms with Crippen molar-refractivity contribution in [1.29, 1.82) is 0 Å². The molecule has 1 heterocycles. The van der Waals surface area contributed by atoms with Crippen LogP contribution in [0.5, 0.6) is 0 Å². The fourth-order valence-electron chi connectivity index (χ4n) is 1.81. The van der Waals surface area contributed by atoms with E-state index in [1.807, 2.05) is 13.8 Å². The van der Waals surface area contributed by atoms with Crippen LogP contribution in [0.3, 0.4) is 0 Å². The van der Waals surface area contributed by atoms with Crippen molar-refractivity contribution in [3.05, 3.63) is 20.8 Å². The molecule has 0 bridgehead atoms. The van der Waals surface area contributed by atoms with Crippen LogP contribution in [0.25, 0.3) is 0 Å². The van der Waals surface area contributed by atoms with Gasteiger partial charge in [-0.2, -0.15) is 0 Å². The first-order valence-electron chi connectivity index (χ1n) is 6.38. The van der Waals surface area contributed by atoms with Crippen LogP contribution in [-0.2, 0) is 24.4 Å². The van der Waals surface area contributed by atoms with Crippen molar-refractivity contribution in [1.82, 2.24) is 9.13 Å². The molecular formula is C12H22N4O3S. The molecule has 114 valence electrons. The number of nitrogens with one attached hydrogen (secondary N) is 1. The maximum atomic E-state index is 12.1. The Bertz CT molecular complexity index is 618. The maximum Gasteiger partial charge on any atom is 0.332 e. The van der Waals surface area contributed by atoms with Crippen LogP contribution < -0.4 is 22.3 Å². The van der Waals surface area contributed by atoms with Crippen molar-refractivity contribution in [3.63, 3.8) is 0 Å². The number of nitrogens with two attached hydrogens (primary N) is 1. The van der Waals surface area contributed by atoms with Gasteiger partial charge in [-0.1, -0.05) is 13.8 Å². The van der Waals surface area contributed by atoms with Gasteiger partial charge < -0.3 is 11.1 Å². The summed E-state index contributed by atoms with van der Waals surface area (Å²) in [6.45, 7) is 4.73. The smallest absolute Gasteiger partial charge is 0.332 e. The summed E-state index contributed by atoms with van der Waals surface area (Å²) in [5, 5.41) is 2.88. The van der Waals surface area contributed by atoms with E-state index in [9.17, 15) is 13.8 Å². The van der Waals surface area contributed by atoms with Gasteiger partial charge in [0, 0.05) is 42.9 Å². The Labute approximate surface area is 120 Å². The molecular weight excluding hydrogens is 280 g/mol. The summed E-state index contributed by atoms with van der Waals surface area (Å²) in [4.78, 5) is 24.1. The van der Waals surface area contributed by atoms with Crippen LogP contribution >= 0.6 is 0 Å². The molecule has 0 aromatic carbocycles. The average Bonchev–Trinajstić information content (AvgIpc) is 2.36. The largest absolute Gasteiger partial charge is 0.383 e. The summed E-state index contributed by atoms with van der Waals surface area (Å²) in [7, 11) is 0.463. The molecule has 0 saturated carbocycles. The van der Waals surface area contributed by atoms with E-state index >= 15 is 0 Å². The Morgan fingerprint density at radius 3 is 2.45 bits per heavy atom. The Hall–Kier alpha value is -1.57. The van der Waals surface area contributed by atoms with E-state index in [1.165, 1.54) is 11.6 Å². The number of anilines is 2. The van der Waals surface area contributed by atoms with Crippen LogP contribution in [0, 0.1) is 5.92 Å². The van der Waals surface area contributed by atoms with E-state index in [2.05, 4.69) is 5.32 Å². The van der Waals surface area contributed by atoms with E-state index in [0.717, 1.165) is 4.57 Å². The molecule has 0 aliphatic heterocycles. The second kappa shape index (κ2) is 6.74. The minimum Gasteiger partial charge on any atom is -0.383 e. The van der Waals surface area contributed by atoms with Crippen LogP contribution in [-0.4, -0.2) is 31.9 Å². The lowest BCUT2D eigenvalue weighted by Gasteiger charge is -2.17. The fourth-order valence-corrected chi connectivity index (χ4v) is 2.20. The van der Waals surface area contributed by atoms with Crippen molar-refractivity contribution in [2.75, 3.05) is 29.6 Å². The first kappa shape index (κ1) is 16.5. The summed E-state index contributed by atoms with van der Waals surface area (Å²) in [5.74, 6) is 0.767. The van der Waals surface area contributed by atoms with Crippen LogP contribution in [0.15, 0.2) is 9.59 Å². The molecule has 0 fully saturated rings. The van der Waals surface area contributed by atoms with Gasteiger partial charge >= 0.3 is 5.69 Å². The van der Waals surface area contributed by atoms with Gasteiger partial charge in [0.1, 0.15) is 11.5 Å². The highest BCUT2D eigenvalue weighted by Gasteiger charge is 2.15. The Kier molecular flexibility index (Phi) is 5.55. The van der Waals surface area contributed by atoms with Crippen molar-refractivity contribution in [2.45, 2.75) is 20.4 Å². The van der Waals surface area contributed by atoms with Gasteiger partial charge in [0.2, 0.25) is 0 Å². The summed E-state index contributed by atoms with van der Waals surface area (Å²) >= 11 is 0. The third kappa shape index (κ3) is 3.72. The van der Waals surface area contributed by atoms with Crippen molar-refractivity contribution >= 4 is 22.3 Å². The number of nitrogen functional groups attached to an aromatic ring is 1. The third-order valence-electron chi connectivity index (χ3n) is 2.82. The van der Waals surface area contributed by atoms with E-state index in [0.29, 0.717) is 18.8 Å². The lowest BCUT2D eigenvalue weighted by Crippen LogP contribution is -2.41. The van der Waals surface area contributed by atoms with Crippen LogP contribution in [0.2, 0.25) is 0 Å². The first-order valence-corrected chi connectivity index (χ1v) is 8.11. The minimum atomic E-state index is -0.957. The summed E-state index contributed by atoms with van der Waals surface area (Å²) in [6, 6.07) is 0. The molecule has 1 aromatic rings. The molecule has 0 saturated heterocycles. The fraction of sp³-hybridized carbons (Fsp3) is 0.667. The molecule has 0 aliphatic rings. The van der Waals surface area contributed by atoms with Crippen LogP contribution in [0.4, 0.5) is 11.5 Å². The minimum absolute atomic E-state index is 0.133. The second-order valence-electron chi connectivity index (χ2n) is 5.12. The Morgan fingerprint density at radius 1 is 1.35 bits per heavy atom. The molecule has 1 atom stereocenters. The van der Waals surface area contributed by atoms with E-state index in [4.69, 9.17) is 5.73 Å². The van der Waals surface area contributed by atoms with Crippen molar-refractivity contribution in [3.8, 4) is 0 Å². The highest BCUT2D eigenvalue weighted by molar-refractivity contribution is 7.84. The topological polar surface area (TPSA) is 99.1 Å². The number of hydrogen-bond donors (Lipinski definition) is 2.